The van der Waals surface area contributed by atoms with Crippen molar-refractivity contribution in [3.63, 3.8) is 0 Å². The average molecular weight is 345 g/mol. The number of halogens is 1. The lowest BCUT2D eigenvalue weighted by atomic mass is 10.1. The Morgan fingerprint density at radius 2 is 1.88 bits per heavy atom. The topological polar surface area (TPSA) is 46.4 Å². The molecule has 0 saturated heterocycles. The number of hydrogen-bond acceptors (Lipinski definition) is 2. The number of nitrogens with one attached hydrogen (secondary N) is 1. The van der Waals surface area contributed by atoms with Crippen LogP contribution in [0.25, 0.3) is 16.9 Å². The van der Waals surface area contributed by atoms with Crippen molar-refractivity contribution in [2.24, 2.45) is 0 Å². The number of imidazole rings is 1. The summed E-state index contributed by atoms with van der Waals surface area (Å²) in [6.07, 6.45) is 3.89. The molecule has 0 aliphatic heterocycles. The third kappa shape index (κ3) is 3.07. The van der Waals surface area contributed by atoms with E-state index in [9.17, 15) is 9.18 Å². The summed E-state index contributed by atoms with van der Waals surface area (Å²) < 4.78 is 15.0. The van der Waals surface area contributed by atoms with Gasteiger partial charge < -0.3 is 9.72 Å². The Kier molecular flexibility index (Phi) is 3.97. The first-order valence-electron chi connectivity index (χ1n) is 8.22. The van der Waals surface area contributed by atoms with E-state index >= 15 is 0 Å². The van der Waals surface area contributed by atoms with E-state index in [1.165, 1.54) is 24.3 Å². The highest BCUT2D eigenvalue weighted by molar-refractivity contribution is 6.04. The second-order valence-electron chi connectivity index (χ2n) is 6.08. The first-order chi connectivity index (χ1) is 12.6. The lowest BCUT2D eigenvalue weighted by Crippen LogP contribution is -2.12. The molecule has 128 valence electrons. The molecule has 2 aromatic heterocycles. The number of rotatable bonds is 3. The number of carbonyl (C=O) groups is 1. The number of benzene rings is 2. The summed E-state index contributed by atoms with van der Waals surface area (Å²) in [5, 5.41) is 2.89. The van der Waals surface area contributed by atoms with Crippen LogP contribution < -0.4 is 5.32 Å². The predicted molar refractivity (Wildman–Crippen MR) is 99.7 cm³/mol. The number of nitrogens with zero attached hydrogens (tertiary/aromatic N) is 2. The van der Waals surface area contributed by atoms with Gasteiger partial charge in [0.25, 0.3) is 5.91 Å². The number of hydrogen-bond donors (Lipinski definition) is 1. The summed E-state index contributed by atoms with van der Waals surface area (Å²) in [6, 6.07) is 17.1. The largest absolute Gasteiger partial charge is 0.322 e. The van der Waals surface area contributed by atoms with Crippen LogP contribution in [0.5, 0.6) is 0 Å². The van der Waals surface area contributed by atoms with Crippen molar-refractivity contribution in [3.8, 4) is 11.3 Å². The van der Waals surface area contributed by atoms with E-state index in [4.69, 9.17) is 0 Å². The van der Waals surface area contributed by atoms with Crippen molar-refractivity contribution in [3.05, 3.63) is 90.0 Å². The SMILES string of the molecule is Cc1ccc(-c2cn3ccccc3n2)cc1NC(=O)c1ccc(F)cc1. The van der Waals surface area contributed by atoms with Crippen molar-refractivity contribution >= 4 is 17.2 Å². The minimum Gasteiger partial charge on any atom is -0.322 e. The van der Waals surface area contributed by atoms with Gasteiger partial charge in [-0.3, -0.25) is 4.79 Å². The summed E-state index contributed by atoms with van der Waals surface area (Å²) >= 11 is 0. The third-order valence-corrected chi connectivity index (χ3v) is 4.25. The number of amides is 1. The van der Waals surface area contributed by atoms with Crippen molar-refractivity contribution in [2.45, 2.75) is 6.92 Å². The van der Waals surface area contributed by atoms with Crippen LogP contribution >= 0.6 is 0 Å². The van der Waals surface area contributed by atoms with Gasteiger partial charge in [0.15, 0.2) is 0 Å². The van der Waals surface area contributed by atoms with E-state index in [1.54, 1.807) is 0 Å². The van der Waals surface area contributed by atoms with Crippen molar-refractivity contribution in [2.75, 3.05) is 5.32 Å². The fourth-order valence-corrected chi connectivity index (χ4v) is 2.79. The predicted octanol–water partition coefficient (Wildman–Crippen LogP) is 4.70. The van der Waals surface area contributed by atoms with Crippen LogP contribution in [0.1, 0.15) is 15.9 Å². The van der Waals surface area contributed by atoms with Gasteiger partial charge >= 0.3 is 0 Å². The van der Waals surface area contributed by atoms with Gasteiger partial charge in [-0.2, -0.15) is 0 Å². The zero-order chi connectivity index (χ0) is 18.1. The number of carbonyl (C=O) groups excluding carboxylic acids is 1. The number of pyridine rings is 1. The maximum atomic E-state index is 13.0. The molecule has 26 heavy (non-hydrogen) atoms. The molecule has 4 aromatic rings. The van der Waals surface area contributed by atoms with Crippen molar-refractivity contribution < 1.29 is 9.18 Å². The van der Waals surface area contributed by atoms with Gasteiger partial charge in [-0.05, 0) is 55.0 Å². The molecule has 0 saturated carbocycles. The summed E-state index contributed by atoms with van der Waals surface area (Å²) in [7, 11) is 0. The first kappa shape index (κ1) is 16.0. The van der Waals surface area contributed by atoms with Gasteiger partial charge in [-0.25, -0.2) is 9.37 Å². The summed E-state index contributed by atoms with van der Waals surface area (Å²) in [6.45, 7) is 1.92. The quantitative estimate of drug-likeness (QED) is 0.585. The lowest BCUT2D eigenvalue weighted by Gasteiger charge is -2.10. The summed E-state index contributed by atoms with van der Waals surface area (Å²) in [4.78, 5) is 17.0. The van der Waals surface area contributed by atoms with Crippen molar-refractivity contribution in [1.82, 2.24) is 9.38 Å². The minimum absolute atomic E-state index is 0.278. The standard InChI is InChI=1S/C21H16FN3O/c1-14-5-6-16(19-13-25-11-3-2-4-20(25)23-19)12-18(14)24-21(26)15-7-9-17(22)10-8-15/h2-13H,1H3,(H,24,26). The molecule has 4 nitrogen and oxygen atoms in total. The fourth-order valence-electron chi connectivity index (χ4n) is 2.79. The molecular formula is C21H16FN3O. The first-order valence-corrected chi connectivity index (χ1v) is 8.22. The number of fused-ring (bicyclic) bond motifs is 1. The normalized spacial score (nSPS) is 10.8. The maximum Gasteiger partial charge on any atom is 0.255 e. The highest BCUT2D eigenvalue weighted by Gasteiger charge is 2.11. The second kappa shape index (κ2) is 6.44. The van der Waals surface area contributed by atoms with Gasteiger partial charge in [0, 0.05) is 29.2 Å². The minimum atomic E-state index is -0.369. The van der Waals surface area contributed by atoms with Gasteiger partial charge in [0.05, 0.1) is 5.69 Å². The Labute approximate surface area is 149 Å². The van der Waals surface area contributed by atoms with E-state index in [0.29, 0.717) is 11.3 Å². The molecule has 0 aliphatic carbocycles. The molecule has 0 aliphatic rings. The number of aromatic nitrogens is 2. The van der Waals surface area contributed by atoms with E-state index in [0.717, 1.165) is 22.5 Å². The molecule has 0 bridgehead atoms. The molecule has 0 radical (unpaired) electrons. The molecule has 4 rings (SSSR count). The van der Waals surface area contributed by atoms with Crippen molar-refractivity contribution in [1.29, 1.82) is 0 Å². The third-order valence-electron chi connectivity index (χ3n) is 4.25. The van der Waals surface area contributed by atoms with E-state index in [2.05, 4.69) is 10.3 Å². The smallest absolute Gasteiger partial charge is 0.255 e. The Bertz CT molecular complexity index is 1070. The monoisotopic (exact) mass is 345 g/mol. The Balaban J connectivity index is 1.65. The summed E-state index contributed by atoms with van der Waals surface area (Å²) in [5.41, 5.74) is 4.65. The van der Waals surface area contributed by atoms with E-state index in [1.807, 2.05) is 60.1 Å². The molecule has 2 aromatic carbocycles. The Hall–Kier alpha value is -3.47. The number of aryl methyl sites for hydroxylation is 1. The molecule has 2 heterocycles. The van der Waals surface area contributed by atoms with Gasteiger partial charge in [-0.15, -0.1) is 0 Å². The van der Waals surface area contributed by atoms with Gasteiger partial charge in [-0.1, -0.05) is 18.2 Å². The second-order valence-corrected chi connectivity index (χ2v) is 6.08. The molecule has 0 fully saturated rings. The van der Waals surface area contributed by atoms with E-state index < -0.39 is 0 Å². The summed E-state index contributed by atoms with van der Waals surface area (Å²) in [5.74, 6) is -0.646. The average Bonchev–Trinajstić information content (AvgIpc) is 3.08. The van der Waals surface area contributed by atoms with Crippen LogP contribution in [0, 0.1) is 12.7 Å². The van der Waals surface area contributed by atoms with Crippen LogP contribution in [0.3, 0.4) is 0 Å². The molecule has 0 unspecified atom stereocenters. The molecule has 1 N–H and O–H groups in total. The maximum absolute atomic E-state index is 13.0. The van der Waals surface area contributed by atoms with Crippen LogP contribution in [-0.4, -0.2) is 15.3 Å². The van der Waals surface area contributed by atoms with E-state index in [-0.39, 0.29) is 11.7 Å². The molecule has 5 heteroatoms. The zero-order valence-electron chi connectivity index (χ0n) is 14.1. The Morgan fingerprint density at radius 1 is 1.08 bits per heavy atom. The van der Waals surface area contributed by atoms with Crippen LogP contribution in [0.4, 0.5) is 10.1 Å². The van der Waals surface area contributed by atoms with Gasteiger partial charge in [0.2, 0.25) is 0 Å². The van der Waals surface area contributed by atoms with Crippen LogP contribution in [-0.2, 0) is 0 Å². The number of anilines is 1. The van der Waals surface area contributed by atoms with Crippen LogP contribution in [0.2, 0.25) is 0 Å². The fraction of sp³-hybridized carbons (Fsp3) is 0.0476. The molecular weight excluding hydrogens is 329 g/mol. The molecule has 1 amide bonds. The highest BCUT2D eigenvalue weighted by Crippen LogP contribution is 2.25. The lowest BCUT2D eigenvalue weighted by molar-refractivity contribution is 0.102. The highest BCUT2D eigenvalue weighted by atomic mass is 19.1. The van der Waals surface area contributed by atoms with Crippen LogP contribution in [0.15, 0.2) is 73.1 Å². The molecule has 0 atom stereocenters. The zero-order valence-corrected chi connectivity index (χ0v) is 14.1. The molecule has 0 spiro atoms. The van der Waals surface area contributed by atoms with Gasteiger partial charge in [0.1, 0.15) is 11.5 Å². The Morgan fingerprint density at radius 3 is 2.65 bits per heavy atom.